The first-order valence-electron chi connectivity index (χ1n) is 10.4. The minimum absolute atomic E-state index is 0.0297. The van der Waals surface area contributed by atoms with Crippen LogP contribution in [0, 0.1) is 17.7 Å². The van der Waals surface area contributed by atoms with Crippen LogP contribution >= 0.6 is 0 Å². The Morgan fingerprint density at radius 2 is 1.72 bits per heavy atom. The Balaban J connectivity index is 2.13. The van der Waals surface area contributed by atoms with Crippen LogP contribution in [-0.2, 0) is 9.59 Å². The standard InChI is InChI=1S/C22H32FN3O3/c1-5-15(4)24-21(28)19(25-20(27)17-8-6-7-9-18(17)23)16-10-12-26(13-11-16)22(29)14(2)3/h6-9,14-16,19H,5,10-13H2,1-4H3,(H,24,28)(H,25,27)/t15-,19-/m1/s1. The molecule has 2 N–H and O–H groups in total. The third-order valence-corrected chi connectivity index (χ3v) is 5.51. The van der Waals surface area contributed by atoms with Crippen LogP contribution in [0.25, 0.3) is 0 Å². The maximum Gasteiger partial charge on any atom is 0.254 e. The first-order valence-corrected chi connectivity index (χ1v) is 10.4. The molecule has 0 spiro atoms. The predicted octanol–water partition coefficient (Wildman–Crippen LogP) is 2.73. The largest absolute Gasteiger partial charge is 0.352 e. The number of carbonyl (C=O) groups is 3. The van der Waals surface area contributed by atoms with E-state index >= 15 is 0 Å². The zero-order valence-electron chi connectivity index (χ0n) is 17.7. The molecule has 1 aromatic rings. The maximum atomic E-state index is 14.0. The number of amides is 3. The highest BCUT2D eigenvalue weighted by molar-refractivity contribution is 5.97. The second kappa shape index (κ2) is 10.4. The Bertz CT molecular complexity index is 730. The average molecular weight is 406 g/mol. The summed E-state index contributed by atoms with van der Waals surface area (Å²) in [5.41, 5.74) is -0.0822. The lowest BCUT2D eigenvalue weighted by molar-refractivity contribution is -0.136. The summed E-state index contributed by atoms with van der Waals surface area (Å²) in [6.45, 7) is 8.69. The van der Waals surface area contributed by atoms with E-state index in [0.717, 1.165) is 6.42 Å². The van der Waals surface area contributed by atoms with Crippen LogP contribution in [0.3, 0.4) is 0 Å². The van der Waals surface area contributed by atoms with Crippen LogP contribution in [0.15, 0.2) is 24.3 Å². The van der Waals surface area contributed by atoms with Crippen molar-refractivity contribution in [2.75, 3.05) is 13.1 Å². The highest BCUT2D eigenvalue weighted by Crippen LogP contribution is 2.23. The fraction of sp³-hybridized carbons (Fsp3) is 0.591. The number of halogens is 1. The average Bonchev–Trinajstić information content (AvgIpc) is 2.71. The molecule has 0 radical (unpaired) electrons. The van der Waals surface area contributed by atoms with Crippen molar-refractivity contribution in [3.63, 3.8) is 0 Å². The van der Waals surface area contributed by atoms with Crippen molar-refractivity contribution >= 4 is 17.7 Å². The number of rotatable bonds is 7. The van der Waals surface area contributed by atoms with Crippen molar-refractivity contribution in [1.82, 2.24) is 15.5 Å². The fourth-order valence-electron chi connectivity index (χ4n) is 3.51. The lowest BCUT2D eigenvalue weighted by Crippen LogP contribution is -2.55. The molecule has 1 aromatic carbocycles. The molecule has 3 amide bonds. The van der Waals surface area contributed by atoms with Crippen LogP contribution in [0.2, 0.25) is 0 Å². The predicted molar refractivity (Wildman–Crippen MR) is 110 cm³/mol. The maximum absolute atomic E-state index is 14.0. The second-order valence-electron chi connectivity index (χ2n) is 8.07. The van der Waals surface area contributed by atoms with Gasteiger partial charge in [-0.1, -0.05) is 32.9 Å². The molecule has 0 unspecified atom stereocenters. The van der Waals surface area contributed by atoms with Gasteiger partial charge < -0.3 is 15.5 Å². The Kier molecular flexibility index (Phi) is 8.17. The number of hydrogen-bond donors (Lipinski definition) is 2. The topological polar surface area (TPSA) is 78.5 Å². The molecule has 2 rings (SSSR count). The van der Waals surface area contributed by atoms with Gasteiger partial charge >= 0.3 is 0 Å². The van der Waals surface area contributed by atoms with Gasteiger partial charge in [0.2, 0.25) is 11.8 Å². The fourth-order valence-corrected chi connectivity index (χ4v) is 3.51. The molecule has 0 aliphatic carbocycles. The summed E-state index contributed by atoms with van der Waals surface area (Å²) in [5, 5.41) is 5.67. The van der Waals surface area contributed by atoms with Crippen LogP contribution < -0.4 is 10.6 Å². The van der Waals surface area contributed by atoms with Crippen LogP contribution in [0.5, 0.6) is 0 Å². The molecular weight excluding hydrogens is 373 g/mol. The monoisotopic (exact) mass is 405 g/mol. The molecule has 1 aliphatic rings. The number of likely N-dealkylation sites (tertiary alicyclic amines) is 1. The highest BCUT2D eigenvalue weighted by atomic mass is 19.1. The Morgan fingerprint density at radius 1 is 1.10 bits per heavy atom. The SMILES string of the molecule is CC[C@@H](C)NC(=O)[C@H](NC(=O)c1ccccc1F)C1CCN(C(=O)C(C)C)CC1. The third-order valence-electron chi connectivity index (χ3n) is 5.51. The van der Waals surface area contributed by atoms with E-state index in [4.69, 9.17) is 0 Å². The molecule has 1 fully saturated rings. The third kappa shape index (κ3) is 6.02. The molecule has 7 heteroatoms. The van der Waals surface area contributed by atoms with Gasteiger partial charge in [-0.3, -0.25) is 14.4 Å². The summed E-state index contributed by atoms with van der Waals surface area (Å²) in [4.78, 5) is 39.6. The Hall–Kier alpha value is -2.44. The van der Waals surface area contributed by atoms with Crippen LogP contribution in [0.1, 0.15) is 57.3 Å². The van der Waals surface area contributed by atoms with Gasteiger partial charge in [-0.2, -0.15) is 0 Å². The molecule has 0 saturated carbocycles. The van der Waals surface area contributed by atoms with Gasteiger partial charge in [0.15, 0.2) is 0 Å². The molecule has 1 heterocycles. The lowest BCUT2D eigenvalue weighted by atomic mass is 9.88. The van der Waals surface area contributed by atoms with Crippen molar-refractivity contribution < 1.29 is 18.8 Å². The first-order chi connectivity index (χ1) is 13.7. The normalized spacial score (nSPS) is 17.0. The van der Waals surface area contributed by atoms with Gasteiger partial charge in [0.25, 0.3) is 5.91 Å². The van der Waals surface area contributed by atoms with E-state index in [9.17, 15) is 18.8 Å². The van der Waals surface area contributed by atoms with Crippen molar-refractivity contribution in [1.29, 1.82) is 0 Å². The molecule has 0 bridgehead atoms. The van der Waals surface area contributed by atoms with E-state index in [2.05, 4.69) is 10.6 Å². The number of hydrogen-bond acceptors (Lipinski definition) is 3. The van der Waals surface area contributed by atoms with Gasteiger partial charge in [0, 0.05) is 25.0 Å². The van der Waals surface area contributed by atoms with Crippen molar-refractivity contribution in [2.24, 2.45) is 11.8 Å². The minimum atomic E-state index is -0.771. The highest BCUT2D eigenvalue weighted by Gasteiger charge is 2.35. The zero-order chi connectivity index (χ0) is 21.6. The number of carbonyl (C=O) groups excluding carboxylic acids is 3. The van der Waals surface area contributed by atoms with Crippen molar-refractivity contribution in [3.05, 3.63) is 35.6 Å². The summed E-state index contributed by atoms with van der Waals surface area (Å²) < 4.78 is 14.0. The summed E-state index contributed by atoms with van der Waals surface area (Å²) in [6, 6.07) is 4.92. The molecular formula is C22H32FN3O3. The molecule has 29 heavy (non-hydrogen) atoms. The van der Waals surface area contributed by atoms with E-state index < -0.39 is 17.8 Å². The first kappa shape index (κ1) is 22.8. The lowest BCUT2D eigenvalue weighted by Gasteiger charge is -2.36. The van der Waals surface area contributed by atoms with E-state index in [-0.39, 0.29) is 35.3 Å². The van der Waals surface area contributed by atoms with Gasteiger partial charge in [-0.15, -0.1) is 0 Å². The van der Waals surface area contributed by atoms with Gasteiger partial charge in [0.1, 0.15) is 11.9 Å². The zero-order valence-corrected chi connectivity index (χ0v) is 17.7. The van der Waals surface area contributed by atoms with Gasteiger partial charge in [0.05, 0.1) is 5.56 Å². The Morgan fingerprint density at radius 3 is 2.28 bits per heavy atom. The summed E-state index contributed by atoms with van der Waals surface area (Å²) in [6.07, 6.45) is 1.98. The molecule has 1 aliphatic heterocycles. The quantitative estimate of drug-likeness (QED) is 0.732. The number of benzene rings is 1. The summed E-state index contributed by atoms with van der Waals surface area (Å²) in [5.74, 6) is -1.59. The van der Waals surface area contributed by atoms with Crippen LogP contribution in [-0.4, -0.2) is 47.8 Å². The van der Waals surface area contributed by atoms with Gasteiger partial charge in [-0.05, 0) is 44.2 Å². The van der Waals surface area contributed by atoms with Gasteiger partial charge in [-0.25, -0.2) is 4.39 Å². The smallest absolute Gasteiger partial charge is 0.254 e. The Labute approximate surface area is 172 Å². The summed E-state index contributed by atoms with van der Waals surface area (Å²) in [7, 11) is 0. The van der Waals surface area contributed by atoms with E-state index in [1.54, 1.807) is 6.07 Å². The van der Waals surface area contributed by atoms with Crippen molar-refractivity contribution in [2.45, 2.75) is 59.0 Å². The number of piperidine rings is 1. The van der Waals surface area contributed by atoms with E-state index in [1.807, 2.05) is 32.6 Å². The molecule has 0 aromatic heterocycles. The van der Waals surface area contributed by atoms with E-state index in [1.165, 1.54) is 18.2 Å². The second-order valence-corrected chi connectivity index (χ2v) is 8.07. The molecule has 160 valence electrons. The molecule has 2 atom stereocenters. The van der Waals surface area contributed by atoms with Crippen LogP contribution in [0.4, 0.5) is 4.39 Å². The molecule has 1 saturated heterocycles. The summed E-state index contributed by atoms with van der Waals surface area (Å²) >= 11 is 0. The van der Waals surface area contributed by atoms with E-state index in [0.29, 0.717) is 25.9 Å². The van der Waals surface area contributed by atoms with Crippen molar-refractivity contribution in [3.8, 4) is 0 Å². The number of nitrogens with zero attached hydrogens (tertiary/aromatic N) is 1. The number of nitrogens with one attached hydrogen (secondary N) is 2. The minimum Gasteiger partial charge on any atom is -0.352 e. The molecule has 6 nitrogen and oxygen atoms in total.